The topological polar surface area (TPSA) is 21.6 Å². The average molecular weight is 153 g/mol. The minimum absolute atomic E-state index is 0.879. The third kappa shape index (κ3) is 3.61. The van der Waals surface area contributed by atoms with Crippen LogP contribution in [0.2, 0.25) is 0 Å². The van der Waals surface area contributed by atoms with Gasteiger partial charge in [-0.2, -0.15) is 0 Å². The van der Waals surface area contributed by atoms with Gasteiger partial charge < -0.3 is 4.84 Å². The van der Waals surface area contributed by atoms with Crippen LogP contribution in [-0.2, 0) is 4.84 Å². The molecule has 2 heteroatoms. The fourth-order valence-corrected chi connectivity index (χ4v) is 0.799. The molecule has 0 aliphatic carbocycles. The van der Waals surface area contributed by atoms with Gasteiger partial charge in [0, 0.05) is 0 Å². The number of hydrogen-bond donors (Lipinski definition) is 0. The van der Waals surface area contributed by atoms with E-state index in [-0.39, 0.29) is 0 Å². The molecule has 0 unspecified atom stereocenters. The first-order valence-corrected chi connectivity index (χ1v) is 3.66. The van der Waals surface area contributed by atoms with Crippen molar-refractivity contribution in [1.82, 2.24) is 0 Å². The van der Waals surface area contributed by atoms with Gasteiger partial charge in [0.1, 0.15) is 7.11 Å². The van der Waals surface area contributed by atoms with E-state index in [0.717, 1.165) is 17.7 Å². The maximum atomic E-state index is 4.68. The Labute approximate surface area is 68.2 Å². The zero-order valence-corrected chi connectivity index (χ0v) is 7.42. The van der Waals surface area contributed by atoms with Gasteiger partial charge in [-0.25, -0.2) is 0 Å². The third-order valence-corrected chi connectivity index (χ3v) is 1.36. The Balaban J connectivity index is 4.37. The maximum Gasteiger partial charge on any atom is 0.106 e. The number of oxime groups is 1. The molecular weight excluding hydrogens is 138 g/mol. The Morgan fingerprint density at radius 3 is 2.64 bits per heavy atom. The van der Waals surface area contributed by atoms with Gasteiger partial charge in [-0.05, 0) is 18.9 Å². The van der Waals surface area contributed by atoms with Gasteiger partial charge in [0.05, 0.1) is 5.71 Å². The monoisotopic (exact) mass is 153 g/mol. The molecule has 0 aromatic rings. The highest BCUT2D eigenvalue weighted by atomic mass is 16.6. The summed E-state index contributed by atoms with van der Waals surface area (Å²) in [6.07, 6.45) is 4.54. The van der Waals surface area contributed by atoms with Gasteiger partial charge in [0.15, 0.2) is 0 Å². The van der Waals surface area contributed by atoms with Gasteiger partial charge in [0.2, 0.25) is 0 Å². The van der Waals surface area contributed by atoms with E-state index in [0.29, 0.717) is 0 Å². The van der Waals surface area contributed by atoms with Gasteiger partial charge in [-0.3, -0.25) is 0 Å². The standard InChI is InChI=1S/C9H15NO/c1-5-7-8(3)9(6-2)10-11-4/h5,7H,1,6H2,2-4H3/b8-7+,10-9+. The Morgan fingerprint density at radius 1 is 1.64 bits per heavy atom. The van der Waals surface area contributed by atoms with E-state index in [1.165, 1.54) is 0 Å². The van der Waals surface area contributed by atoms with Gasteiger partial charge in [-0.1, -0.05) is 30.8 Å². The molecule has 0 amide bonds. The zero-order valence-electron chi connectivity index (χ0n) is 7.42. The fourth-order valence-electron chi connectivity index (χ4n) is 0.799. The van der Waals surface area contributed by atoms with Crippen LogP contribution < -0.4 is 0 Å². The largest absolute Gasteiger partial charge is 0.399 e. The van der Waals surface area contributed by atoms with Crippen LogP contribution in [0.15, 0.2) is 29.5 Å². The number of rotatable bonds is 4. The molecule has 0 fully saturated rings. The SMILES string of the molecule is C=C/C=C(C)/C(CC)=N/OC. The lowest BCUT2D eigenvalue weighted by Gasteiger charge is -2.00. The molecule has 0 saturated heterocycles. The van der Waals surface area contributed by atoms with Crippen molar-refractivity contribution in [2.75, 3.05) is 7.11 Å². The third-order valence-electron chi connectivity index (χ3n) is 1.36. The van der Waals surface area contributed by atoms with Crippen molar-refractivity contribution in [2.24, 2.45) is 5.16 Å². The van der Waals surface area contributed by atoms with Crippen LogP contribution in [0.4, 0.5) is 0 Å². The van der Waals surface area contributed by atoms with Gasteiger partial charge >= 0.3 is 0 Å². The Morgan fingerprint density at radius 2 is 2.27 bits per heavy atom. The van der Waals surface area contributed by atoms with Crippen LogP contribution in [-0.4, -0.2) is 12.8 Å². The van der Waals surface area contributed by atoms with Crippen molar-refractivity contribution in [3.63, 3.8) is 0 Å². The smallest absolute Gasteiger partial charge is 0.106 e. The summed E-state index contributed by atoms with van der Waals surface area (Å²) in [5.41, 5.74) is 2.07. The quantitative estimate of drug-likeness (QED) is 0.345. The second-order valence-corrected chi connectivity index (χ2v) is 2.16. The van der Waals surface area contributed by atoms with Crippen LogP contribution in [0.5, 0.6) is 0 Å². The van der Waals surface area contributed by atoms with Crippen molar-refractivity contribution in [1.29, 1.82) is 0 Å². The summed E-state index contributed by atoms with van der Waals surface area (Å²) in [6.45, 7) is 7.63. The van der Waals surface area contributed by atoms with Crippen LogP contribution in [0.25, 0.3) is 0 Å². The van der Waals surface area contributed by atoms with Crippen molar-refractivity contribution < 1.29 is 4.84 Å². The highest BCUT2D eigenvalue weighted by Crippen LogP contribution is 2.01. The number of nitrogens with zero attached hydrogens (tertiary/aromatic N) is 1. The Hall–Kier alpha value is -1.05. The molecule has 0 heterocycles. The lowest BCUT2D eigenvalue weighted by atomic mass is 10.1. The molecule has 0 atom stereocenters. The zero-order chi connectivity index (χ0) is 8.69. The summed E-state index contributed by atoms with van der Waals surface area (Å²) in [7, 11) is 1.55. The summed E-state index contributed by atoms with van der Waals surface area (Å²) >= 11 is 0. The fraction of sp³-hybridized carbons (Fsp3) is 0.444. The molecule has 0 aliphatic rings. The van der Waals surface area contributed by atoms with Crippen LogP contribution in [0, 0.1) is 0 Å². The molecule has 11 heavy (non-hydrogen) atoms. The van der Waals surface area contributed by atoms with Crippen LogP contribution in [0.3, 0.4) is 0 Å². The molecular formula is C9H15NO. The first-order chi connectivity index (χ1) is 5.26. The van der Waals surface area contributed by atoms with E-state index in [1.54, 1.807) is 13.2 Å². The highest BCUT2D eigenvalue weighted by molar-refractivity contribution is 5.99. The van der Waals surface area contributed by atoms with E-state index in [2.05, 4.69) is 16.6 Å². The molecule has 0 rings (SSSR count). The second kappa shape index (κ2) is 5.71. The summed E-state index contributed by atoms with van der Waals surface area (Å²) in [5, 5.41) is 3.86. The second-order valence-electron chi connectivity index (χ2n) is 2.16. The highest BCUT2D eigenvalue weighted by Gasteiger charge is 1.97. The van der Waals surface area contributed by atoms with E-state index < -0.39 is 0 Å². The molecule has 0 aliphatic heterocycles. The minimum Gasteiger partial charge on any atom is -0.399 e. The van der Waals surface area contributed by atoms with Crippen molar-refractivity contribution in [2.45, 2.75) is 20.3 Å². The molecule has 0 bridgehead atoms. The van der Waals surface area contributed by atoms with Crippen LogP contribution in [0.1, 0.15) is 20.3 Å². The first-order valence-electron chi connectivity index (χ1n) is 3.66. The predicted molar refractivity (Wildman–Crippen MR) is 48.7 cm³/mol. The molecule has 0 spiro atoms. The van der Waals surface area contributed by atoms with Crippen molar-refractivity contribution in [3.05, 3.63) is 24.3 Å². The summed E-state index contributed by atoms with van der Waals surface area (Å²) in [5.74, 6) is 0. The molecule has 0 aromatic heterocycles. The van der Waals surface area contributed by atoms with E-state index in [1.807, 2.05) is 19.9 Å². The number of hydrogen-bond acceptors (Lipinski definition) is 2. The van der Waals surface area contributed by atoms with E-state index >= 15 is 0 Å². The lowest BCUT2D eigenvalue weighted by Crippen LogP contribution is -1.98. The summed E-state index contributed by atoms with van der Waals surface area (Å²) in [6, 6.07) is 0. The molecule has 0 N–H and O–H groups in total. The van der Waals surface area contributed by atoms with Gasteiger partial charge in [-0.15, -0.1) is 0 Å². The molecule has 2 nitrogen and oxygen atoms in total. The molecule has 62 valence electrons. The van der Waals surface area contributed by atoms with E-state index in [9.17, 15) is 0 Å². The Kier molecular flexibility index (Phi) is 5.17. The lowest BCUT2D eigenvalue weighted by molar-refractivity contribution is 0.213. The first kappa shape index (κ1) is 9.95. The van der Waals surface area contributed by atoms with E-state index in [4.69, 9.17) is 0 Å². The maximum absolute atomic E-state index is 4.68. The van der Waals surface area contributed by atoms with Crippen molar-refractivity contribution >= 4 is 5.71 Å². The average Bonchev–Trinajstić information content (AvgIpc) is 2.00. The summed E-state index contributed by atoms with van der Waals surface area (Å²) < 4.78 is 0. The predicted octanol–water partition coefficient (Wildman–Crippen LogP) is 2.53. The minimum atomic E-state index is 0.879. The molecule has 0 radical (unpaired) electrons. The Bertz CT molecular complexity index is 180. The number of allylic oxidation sites excluding steroid dienone is 3. The van der Waals surface area contributed by atoms with Gasteiger partial charge in [0.25, 0.3) is 0 Å². The summed E-state index contributed by atoms with van der Waals surface area (Å²) in [4.78, 5) is 4.68. The molecule has 0 saturated carbocycles. The normalized spacial score (nSPS) is 13.0. The van der Waals surface area contributed by atoms with Crippen LogP contribution >= 0.6 is 0 Å². The van der Waals surface area contributed by atoms with Crippen molar-refractivity contribution in [3.8, 4) is 0 Å². The molecule has 0 aromatic carbocycles.